The van der Waals surface area contributed by atoms with Gasteiger partial charge in [-0.15, -0.1) is 0 Å². The minimum atomic E-state index is -0.464. The van der Waals surface area contributed by atoms with Crippen molar-refractivity contribution >= 4 is 34.8 Å². The number of carbonyl (C=O) groups is 2. The fourth-order valence-corrected chi connectivity index (χ4v) is 3.55. The van der Waals surface area contributed by atoms with Crippen LogP contribution in [0.5, 0.6) is 5.75 Å². The molecule has 0 saturated carbocycles. The Balaban J connectivity index is 1.60. The molecular formula is C25H20ClN3O4. The highest BCUT2D eigenvalue weighted by atomic mass is 35.5. The van der Waals surface area contributed by atoms with Gasteiger partial charge in [0.15, 0.2) is 0 Å². The Labute approximate surface area is 195 Å². The SMILES string of the molecule is COc1ccc(NC(=O)c2ccccc2NC(=O)c2c(-c3ccccc3Cl)noc2C)cc1. The Morgan fingerprint density at radius 2 is 1.61 bits per heavy atom. The van der Waals surface area contributed by atoms with Gasteiger partial charge in [0.05, 0.1) is 23.4 Å². The molecule has 0 fully saturated rings. The number of aryl methyl sites for hydroxylation is 1. The van der Waals surface area contributed by atoms with Crippen LogP contribution in [0.1, 0.15) is 26.5 Å². The van der Waals surface area contributed by atoms with E-state index in [1.807, 2.05) is 0 Å². The molecule has 0 aliphatic heterocycles. The Bertz CT molecular complexity index is 1320. The number of benzene rings is 3. The molecule has 0 radical (unpaired) electrons. The largest absolute Gasteiger partial charge is 0.497 e. The first-order valence-corrected chi connectivity index (χ1v) is 10.4. The van der Waals surface area contributed by atoms with Crippen molar-refractivity contribution in [2.24, 2.45) is 0 Å². The number of halogens is 1. The summed E-state index contributed by atoms with van der Waals surface area (Å²) in [5.41, 5.74) is 2.39. The van der Waals surface area contributed by atoms with E-state index < -0.39 is 5.91 Å². The molecule has 4 rings (SSSR count). The van der Waals surface area contributed by atoms with Gasteiger partial charge in [-0.25, -0.2) is 0 Å². The van der Waals surface area contributed by atoms with Gasteiger partial charge in [0.1, 0.15) is 22.8 Å². The van der Waals surface area contributed by atoms with Gasteiger partial charge >= 0.3 is 0 Å². The predicted octanol–water partition coefficient (Wildman–Crippen LogP) is 5.82. The number of nitrogens with zero attached hydrogens (tertiary/aromatic N) is 1. The molecule has 0 aliphatic rings. The number of hydrogen-bond donors (Lipinski definition) is 2. The summed E-state index contributed by atoms with van der Waals surface area (Å²) >= 11 is 6.29. The molecule has 4 aromatic rings. The van der Waals surface area contributed by atoms with Gasteiger partial charge in [0.25, 0.3) is 11.8 Å². The standard InChI is InChI=1S/C25H20ClN3O4/c1-15-22(23(29-33-15)18-7-3-5-9-20(18)26)25(31)28-21-10-6-4-8-19(21)24(30)27-16-11-13-17(32-2)14-12-16/h3-14H,1-2H3,(H,27,30)(H,28,31). The smallest absolute Gasteiger partial charge is 0.261 e. The minimum absolute atomic E-state index is 0.244. The number of ether oxygens (including phenoxy) is 1. The van der Waals surface area contributed by atoms with Crippen LogP contribution in [0.25, 0.3) is 11.3 Å². The van der Waals surface area contributed by atoms with Gasteiger partial charge in [-0.05, 0) is 49.4 Å². The lowest BCUT2D eigenvalue weighted by molar-refractivity contribution is 0.102. The quantitative estimate of drug-likeness (QED) is 0.377. The highest BCUT2D eigenvalue weighted by Crippen LogP contribution is 2.31. The lowest BCUT2D eigenvalue weighted by atomic mass is 10.0. The zero-order valence-corrected chi connectivity index (χ0v) is 18.6. The molecule has 1 heterocycles. The molecule has 0 unspecified atom stereocenters. The second-order valence-corrected chi connectivity index (χ2v) is 7.53. The summed E-state index contributed by atoms with van der Waals surface area (Å²) in [6.07, 6.45) is 0. The molecule has 0 aliphatic carbocycles. The van der Waals surface area contributed by atoms with Crippen LogP contribution in [-0.2, 0) is 0 Å². The second kappa shape index (κ2) is 9.58. The summed E-state index contributed by atoms with van der Waals surface area (Å²) in [5, 5.41) is 10.1. The van der Waals surface area contributed by atoms with Crippen LogP contribution in [0.3, 0.4) is 0 Å². The van der Waals surface area contributed by atoms with E-state index in [1.165, 1.54) is 0 Å². The average Bonchev–Trinajstić information content (AvgIpc) is 3.21. The first-order chi connectivity index (χ1) is 16.0. The van der Waals surface area contributed by atoms with Crippen molar-refractivity contribution < 1.29 is 18.8 Å². The van der Waals surface area contributed by atoms with Crippen LogP contribution in [0.15, 0.2) is 77.3 Å². The number of amides is 2. The molecule has 1 aromatic heterocycles. The van der Waals surface area contributed by atoms with E-state index in [1.54, 1.807) is 86.8 Å². The van der Waals surface area contributed by atoms with Crippen molar-refractivity contribution in [3.63, 3.8) is 0 Å². The number of nitrogens with one attached hydrogen (secondary N) is 2. The van der Waals surface area contributed by atoms with Crippen LogP contribution in [-0.4, -0.2) is 24.1 Å². The maximum Gasteiger partial charge on any atom is 0.261 e. The maximum atomic E-state index is 13.2. The van der Waals surface area contributed by atoms with Gasteiger partial charge in [-0.2, -0.15) is 0 Å². The molecule has 0 spiro atoms. The fraction of sp³-hybridized carbons (Fsp3) is 0.0800. The minimum Gasteiger partial charge on any atom is -0.497 e. The van der Waals surface area contributed by atoms with E-state index in [0.29, 0.717) is 44.7 Å². The molecule has 33 heavy (non-hydrogen) atoms. The highest BCUT2D eigenvalue weighted by molar-refractivity contribution is 6.33. The summed E-state index contributed by atoms with van der Waals surface area (Å²) in [4.78, 5) is 26.1. The summed E-state index contributed by atoms with van der Waals surface area (Å²) in [5.74, 6) is 0.180. The monoisotopic (exact) mass is 461 g/mol. The third-order valence-corrected chi connectivity index (χ3v) is 5.32. The summed E-state index contributed by atoms with van der Waals surface area (Å²) < 4.78 is 10.4. The molecular weight excluding hydrogens is 442 g/mol. The predicted molar refractivity (Wildman–Crippen MR) is 127 cm³/mol. The summed E-state index contributed by atoms with van der Waals surface area (Å²) in [7, 11) is 1.57. The van der Waals surface area contributed by atoms with E-state index in [0.717, 1.165) is 0 Å². The maximum absolute atomic E-state index is 13.2. The molecule has 8 heteroatoms. The number of methoxy groups -OCH3 is 1. The Kier molecular flexibility index (Phi) is 6.42. The third-order valence-electron chi connectivity index (χ3n) is 4.99. The highest BCUT2D eigenvalue weighted by Gasteiger charge is 2.24. The van der Waals surface area contributed by atoms with Crippen molar-refractivity contribution in [2.75, 3.05) is 17.7 Å². The van der Waals surface area contributed by atoms with Crippen LogP contribution < -0.4 is 15.4 Å². The number of para-hydroxylation sites is 1. The van der Waals surface area contributed by atoms with Gasteiger partial charge in [0, 0.05) is 11.3 Å². The van der Waals surface area contributed by atoms with Crippen LogP contribution in [0, 0.1) is 6.92 Å². The van der Waals surface area contributed by atoms with E-state index in [-0.39, 0.29) is 11.5 Å². The molecule has 166 valence electrons. The van der Waals surface area contributed by atoms with Gasteiger partial charge < -0.3 is 19.9 Å². The number of aromatic nitrogens is 1. The van der Waals surface area contributed by atoms with Gasteiger partial charge in [-0.3, -0.25) is 9.59 Å². The van der Waals surface area contributed by atoms with Crippen molar-refractivity contribution in [3.05, 3.63) is 94.7 Å². The first-order valence-electron chi connectivity index (χ1n) is 10.0. The summed E-state index contributed by atoms with van der Waals surface area (Å²) in [6.45, 7) is 1.64. The van der Waals surface area contributed by atoms with Crippen molar-refractivity contribution in [1.29, 1.82) is 0 Å². The van der Waals surface area contributed by atoms with Crippen molar-refractivity contribution in [3.8, 4) is 17.0 Å². The van der Waals surface area contributed by atoms with Crippen molar-refractivity contribution in [2.45, 2.75) is 6.92 Å². The zero-order valence-electron chi connectivity index (χ0n) is 17.9. The fourth-order valence-electron chi connectivity index (χ4n) is 3.32. The molecule has 2 N–H and O–H groups in total. The molecule has 0 saturated heterocycles. The summed E-state index contributed by atoms with van der Waals surface area (Å²) in [6, 6.07) is 20.7. The Hall–Kier alpha value is -4.10. The molecule has 0 atom stereocenters. The van der Waals surface area contributed by atoms with Crippen LogP contribution in [0.4, 0.5) is 11.4 Å². The van der Waals surface area contributed by atoms with E-state index in [2.05, 4.69) is 15.8 Å². The average molecular weight is 462 g/mol. The normalized spacial score (nSPS) is 10.5. The van der Waals surface area contributed by atoms with Gasteiger partial charge in [0.2, 0.25) is 0 Å². The van der Waals surface area contributed by atoms with Gasteiger partial charge in [-0.1, -0.05) is 47.1 Å². The molecule has 7 nitrogen and oxygen atoms in total. The van der Waals surface area contributed by atoms with E-state index in [9.17, 15) is 9.59 Å². The Morgan fingerprint density at radius 3 is 2.33 bits per heavy atom. The van der Waals surface area contributed by atoms with E-state index >= 15 is 0 Å². The number of anilines is 2. The molecule has 0 bridgehead atoms. The molecule has 2 amide bonds. The number of hydrogen-bond acceptors (Lipinski definition) is 5. The lowest BCUT2D eigenvalue weighted by Crippen LogP contribution is -2.19. The zero-order chi connectivity index (χ0) is 23.4. The number of rotatable bonds is 6. The Morgan fingerprint density at radius 1 is 0.909 bits per heavy atom. The van der Waals surface area contributed by atoms with E-state index in [4.69, 9.17) is 20.9 Å². The lowest BCUT2D eigenvalue weighted by Gasteiger charge is -2.12. The van der Waals surface area contributed by atoms with Crippen LogP contribution in [0.2, 0.25) is 5.02 Å². The topological polar surface area (TPSA) is 93.5 Å². The van der Waals surface area contributed by atoms with Crippen LogP contribution >= 0.6 is 11.6 Å². The second-order valence-electron chi connectivity index (χ2n) is 7.12. The first kappa shape index (κ1) is 22.1. The third kappa shape index (κ3) is 4.73. The van der Waals surface area contributed by atoms with Crippen molar-refractivity contribution in [1.82, 2.24) is 5.16 Å². The molecule has 3 aromatic carbocycles. The number of carbonyl (C=O) groups excluding carboxylic acids is 2.